The lowest BCUT2D eigenvalue weighted by molar-refractivity contribution is 0.703. The topological polar surface area (TPSA) is 56.7 Å². The Morgan fingerprint density at radius 3 is 2.44 bits per heavy atom. The van der Waals surface area contributed by atoms with Gasteiger partial charge in [-0.05, 0) is 12.1 Å². The van der Waals surface area contributed by atoms with Gasteiger partial charge in [0.15, 0.2) is 5.82 Å². The summed E-state index contributed by atoms with van der Waals surface area (Å²) in [7, 11) is 1.86. The Hall–Kier alpha value is -1.33. The maximum Gasteiger partial charge on any atom is 0.181 e. The Kier molecular flexibility index (Phi) is 4.04. The maximum absolute atomic E-state index is 5.59. The SMILES string of the molecule is CC(C)Sc1ccc(-c2nc(CN)n(C)n2)cc1. The second kappa shape index (κ2) is 5.54. The lowest BCUT2D eigenvalue weighted by Gasteiger charge is -2.04. The number of nitrogens with zero attached hydrogens (tertiary/aromatic N) is 3. The van der Waals surface area contributed by atoms with Gasteiger partial charge in [-0.3, -0.25) is 4.68 Å². The van der Waals surface area contributed by atoms with Crippen molar-refractivity contribution in [2.45, 2.75) is 30.5 Å². The average Bonchev–Trinajstić information content (AvgIpc) is 2.71. The molecular weight excluding hydrogens is 244 g/mol. The zero-order valence-corrected chi connectivity index (χ0v) is 11.7. The normalized spacial score (nSPS) is 11.2. The standard InChI is InChI=1S/C13H18N4S/c1-9(2)18-11-6-4-10(5-7-11)13-15-12(8-14)17(3)16-13/h4-7,9H,8,14H2,1-3H3. The van der Waals surface area contributed by atoms with E-state index in [2.05, 4.69) is 48.2 Å². The summed E-state index contributed by atoms with van der Waals surface area (Å²) in [5.41, 5.74) is 6.62. The molecule has 0 aliphatic carbocycles. The highest BCUT2D eigenvalue weighted by Gasteiger charge is 2.08. The summed E-state index contributed by atoms with van der Waals surface area (Å²) < 4.78 is 1.73. The number of nitrogens with two attached hydrogens (primary N) is 1. The molecule has 2 aromatic rings. The van der Waals surface area contributed by atoms with E-state index in [1.807, 2.05) is 18.8 Å². The molecule has 0 fully saturated rings. The van der Waals surface area contributed by atoms with Crippen LogP contribution in [0.3, 0.4) is 0 Å². The van der Waals surface area contributed by atoms with Crippen LogP contribution in [0.2, 0.25) is 0 Å². The molecule has 0 aliphatic rings. The fourth-order valence-electron chi connectivity index (χ4n) is 1.67. The third-order valence-corrected chi connectivity index (χ3v) is 3.54. The van der Waals surface area contributed by atoms with Gasteiger partial charge < -0.3 is 5.73 Å². The number of aryl methyl sites for hydroxylation is 1. The summed E-state index contributed by atoms with van der Waals surface area (Å²) in [5.74, 6) is 1.53. The van der Waals surface area contributed by atoms with Crippen LogP contribution in [-0.4, -0.2) is 20.0 Å². The van der Waals surface area contributed by atoms with Crippen LogP contribution < -0.4 is 5.73 Å². The van der Waals surface area contributed by atoms with Crippen LogP contribution in [0.4, 0.5) is 0 Å². The Balaban J connectivity index is 2.22. The highest BCUT2D eigenvalue weighted by Crippen LogP contribution is 2.25. The number of thioether (sulfide) groups is 1. The van der Waals surface area contributed by atoms with Crippen LogP contribution in [0, 0.1) is 0 Å². The molecule has 96 valence electrons. The molecule has 0 spiro atoms. The Morgan fingerprint density at radius 2 is 1.94 bits per heavy atom. The van der Waals surface area contributed by atoms with E-state index < -0.39 is 0 Å². The van der Waals surface area contributed by atoms with Crippen LogP contribution in [-0.2, 0) is 13.6 Å². The molecule has 0 atom stereocenters. The molecule has 18 heavy (non-hydrogen) atoms. The van der Waals surface area contributed by atoms with Gasteiger partial charge in [0.25, 0.3) is 0 Å². The number of hydrogen-bond acceptors (Lipinski definition) is 4. The van der Waals surface area contributed by atoms with E-state index in [-0.39, 0.29) is 0 Å². The van der Waals surface area contributed by atoms with Crippen molar-refractivity contribution in [1.82, 2.24) is 14.8 Å². The molecule has 1 aromatic heterocycles. The molecule has 1 aromatic carbocycles. The minimum absolute atomic E-state index is 0.408. The van der Waals surface area contributed by atoms with E-state index in [1.54, 1.807) is 4.68 Å². The first kappa shape index (κ1) is 13.1. The maximum atomic E-state index is 5.59. The first-order chi connectivity index (χ1) is 8.60. The van der Waals surface area contributed by atoms with Gasteiger partial charge >= 0.3 is 0 Å². The van der Waals surface area contributed by atoms with Gasteiger partial charge in [0.05, 0.1) is 6.54 Å². The molecule has 4 nitrogen and oxygen atoms in total. The zero-order chi connectivity index (χ0) is 13.1. The molecule has 0 saturated heterocycles. The van der Waals surface area contributed by atoms with E-state index in [0.717, 1.165) is 17.2 Å². The van der Waals surface area contributed by atoms with E-state index in [0.29, 0.717) is 11.8 Å². The van der Waals surface area contributed by atoms with Gasteiger partial charge in [0.1, 0.15) is 5.82 Å². The monoisotopic (exact) mass is 262 g/mol. The van der Waals surface area contributed by atoms with Crippen LogP contribution in [0.15, 0.2) is 29.2 Å². The van der Waals surface area contributed by atoms with Gasteiger partial charge in [0.2, 0.25) is 0 Å². The molecule has 0 amide bonds. The molecule has 0 bridgehead atoms. The lowest BCUT2D eigenvalue weighted by Crippen LogP contribution is -2.05. The zero-order valence-electron chi connectivity index (χ0n) is 10.9. The summed E-state index contributed by atoms with van der Waals surface area (Å²) in [5, 5.41) is 4.95. The lowest BCUT2D eigenvalue weighted by atomic mass is 10.2. The molecule has 0 saturated carbocycles. The number of rotatable bonds is 4. The Labute approximate surface area is 112 Å². The summed E-state index contributed by atoms with van der Waals surface area (Å²) in [4.78, 5) is 5.68. The van der Waals surface area contributed by atoms with Crippen molar-refractivity contribution in [3.63, 3.8) is 0 Å². The second-order valence-electron chi connectivity index (χ2n) is 4.37. The molecule has 0 radical (unpaired) electrons. The summed E-state index contributed by atoms with van der Waals surface area (Å²) >= 11 is 1.85. The highest BCUT2D eigenvalue weighted by molar-refractivity contribution is 7.99. The Bertz CT molecular complexity index is 516. The van der Waals surface area contributed by atoms with Crippen molar-refractivity contribution >= 4 is 11.8 Å². The van der Waals surface area contributed by atoms with Gasteiger partial charge in [-0.2, -0.15) is 5.10 Å². The van der Waals surface area contributed by atoms with E-state index in [4.69, 9.17) is 5.73 Å². The predicted octanol–water partition coefficient (Wildman–Crippen LogP) is 2.44. The third kappa shape index (κ3) is 2.91. The fourth-order valence-corrected chi connectivity index (χ4v) is 2.51. The molecule has 2 N–H and O–H groups in total. The van der Waals surface area contributed by atoms with Gasteiger partial charge in [-0.15, -0.1) is 11.8 Å². The van der Waals surface area contributed by atoms with Crippen LogP contribution in [0.1, 0.15) is 19.7 Å². The smallest absolute Gasteiger partial charge is 0.181 e. The number of hydrogen-bond donors (Lipinski definition) is 1. The molecular formula is C13H18N4S. The fraction of sp³-hybridized carbons (Fsp3) is 0.385. The second-order valence-corrected chi connectivity index (χ2v) is 6.02. The molecule has 1 heterocycles. The van der Waals surface area contributed by atoms with Crippen molar-refractivity contribution in [2.24, 2.45) is 12.8 Å². The van der Waals surface area contributed by atoms with Crippen molar-refractivity contribution in [2.75, 3.05) is 0 Å². The molecule has 2 rings (SSSR count). The van der Waals surface area contributed by atoms with E-state index in [9.17, 15) is 0 Å². The largest absolute Gasteiger partial charge is 0.324 e. The Morgan fingerprint density at radius 1 is 1.28 bits per heavy atom. The number of benzene rings is 1. The van der Waals surface area contributed by atoms with Crippen LogP contribution in [0.25, 0.3) is 11.4 Å². The van der Waals surface area contributed by atoms with Gasteiger partial charge in [0, 0.05) is 22.8 Å². The first-order valence-corrected chi connectivity index (χ1v) is 6.85. The minimum Gasteiger partial charge on any atom is -0.324 e. The summed E-state index contributed by atoms with van der Waals surface area (Å²) in [6.07, 6.45) is 0. The van der Waals surface area contributed by atoms with Crippen molar-refractivity contribution in [3.8, 4) is 11.4 Å². The third-order valence-electron chi connectivity index (χ3n) is 2.52. The quantitative estimate of drug-likeness (QED) is 0.860. The van der Waals surface area contributed by atoms with E-state index in [1.165, 1.54) is 4.90 Å². The predicted molar refractivity (Wildman–Crippen MR) is 75.3 cm³/mol. The van der Waals surface area contributed by atoms with Crippen molar-refractivity contribution in [3.05, 3.63) is 30.1 Å². The summed E-state index contributed by atoms with van der Waals surface area (Å²) in [6, 6.07) is 8.33. The van der Waals surface area contributed by atoms with Crippen molar-refractivity contribution in [1.29, 1.82) is 0 Å². The van der Waals surface area contributed by atoms with Crippen LogP contribution >= 0.6 is 11.8 Å². The molecule has 5 heteroatoms. The number of aromatic nitrogens is 3. The van der Waals surface area contributed by atoms with Crippen molar-refractivity contribution < 1.29 is 0 Å². The van der Waals surface area contributed by atoms with Gasteiger partial charge in [-0.25, -0.2) is 4.98 Å². The highest BCUT2D eigenvalue weighted by atomic mass is 32.2. The van der Waals surface area contributed by atoms with Crippen LogP contribution in [0.5, 0.6) is 0 Å². The average molecular weight is 262 g/mol. The van der Waals surface area contributed by atoms with Gasteiger partial charge in [-0.1, -0.05) is 26.0 Å². The molecule has 0 unspecified atom stereocenters. The minimum atomic E-state index is 0.408. The van der Waals surface area contributed by atoms with E-state index >= 15 is 0 Å². The first-order valence-electron chi connectivity index (χ1n) is 5.97. The summed E-state index contributed by atoms with van der Waals surface area (Å²) in [6.45, 7) is 4.78. The molecule has 0 aliphatic heterocycles.